The SMILES string of the molecule is Cc1cc(C)c(-c2cn(Cc3noc(C(C)C)n3)nn2)c(-n2cccn2)c1. The fourth-order valence-corrected chi connectivity index (χ4v) is 3.07. The summed E-state index contributed by atoms with van der Waals surface area (Å²) >= 11 is 0. The van der Waals surface area contributed by atoms with Crippen LogP contribution in [0.4, 0.5) is 0 Å². The van der Waals surface area contributed by atoms with Crippen LogP contribution in [0.2, 0.25) is 0 Å². The number of rotatable bonds is 5. The predicted molar refractivity (Wildman–Crippen MR) is 99.5 cm³/mol. The van der Waals surface area contributed by atoms with Gasteiger partial charge >= 0.3 is 0 Å². The van der Waals surface area contributed by atoms with E-state index in [1.54, 1.807) is 10.9 Å². The van der Waals surface area contributed by atoms with E-state index in [0.717, 1.165) is 22.5 Å². The van der Waals surface area contributed by atoms with Crippen LogP contribution in [0, 0.1) is 13.8 Å². The van der Waals surface area contributed by atoms with Crippen molar-refractivity contribution >= 4 is 0 Å². The Morgan fingerprint density at radius 1 is 1.19 bits per heavy atom. The molecule has 4 rings (SSSR count). The van der Waals surface area contributed by atoms with Gasteiger partial charge in [-0.2, -0.15) is 10.1 Å². The zero-order valence-electron chi connectivity index (χ0n) is 15.8. The lowest BCUT2D eigenvalue weighted by molar-refractivity contribution is 0.359. The lowest BCUT2D eigenvalue weighted by Gasteiger charge is -2.12. The average molecular weight is 363 g/mol. The Morgan fingerprint density at radius 2 is 2.04 bits per heavy atom. The highest BCUT2D eigenvalue weighted by atomic mass is 16.5. The minimum absolute atomic E-state index is 0.199. The quantitative estimate of drug-likeness (QED) is 0.541. The topological polar surface area (TPSA) is 87.5 Å². The standard InChI is InChI=1S/C19H21N7O/c1-12(2)19-21-17(23-27-19)11-25-10-15(22-24-25)18-14(4)8-13(3)9-16(18)26-7-5-6-20-26/h5-10,12H,11H2,1-4H3. The van der Waals surface area contributed by atoms with Gasteiger partial charge in [-0.1, -0.05) is 30.3 Å². The van der Waals surface area contributed by atoms with Crippen molar-refractivity contribution < 1.29 is 4.52 Å². The summed E-state index contributed by atoms with van der Waals surface area (Å²) in [6.07, 6.45) is 5.59. The van der Waals surface area contributed by atoms with Crippen LogP contribution in [0.1, 0.15) is 42.6 Å². The highest BCUT2D eigenvalue weighted by Crippen LogP contribution is 2.29. The molecular formula is C19H21N7O. The molecule has 3 heterocycles. The molecule has 0 aliphatic rings. The van der Waals surface area contributed by atoms with Gasteiger partial charge in [-0.3, -0.25) is 0 Å². The second kappa shape index (κ2) is 6.79. The maximum absolute atomic E-state index is 5.26. The molecule has 1 aromatic carbocycles. The zero-order chi connectivity index (χ0) is 19.0. The second-order valence-corrected chi connectivity index (χ2v) is 6.93. The van der Waals surface area contributed by atoms with E-state index in [-0.39, 0.29) is 5.92 Å². The third kappa shape index (κ3) is 3.38. The number of benzene rings is 1. The van der Waals surface area contributed by atoms with Crippen molar-refractivity contribution in [1.29, 1.82) is 0 Å². The van der Waals surface area contributed by atoms with Gasteiger partial charge in [-0.05, 0) is 37.1 Å². The van der Waals surface area contributed by atoms with Crippen molar-refractivity contribution in [3.8, 4) is 16.9 Å². The van der Waals surface area contributed by atoms with E-state index < -0.39 is 0 Å². The van der Waals surface area contributed by atoms with Crippen LogP contribution in [-0.4, -0.2) is 34.9 Å². The number of aromatic nitrogens is 7. The molecule has 0 aliphatic carbocycles. The van der Waals surface area contributed by atoms with Crippen molar-refractivity contribution in [1.82, 2.24) is 34.9 Å². The number of nitrogens with zero attached hydrogens (tertiary/aromatic N) is 7. The number of hydrogen-bond donors (Lipinski definition) is 0. The molecule has 0 saturated carbocycles. The normalized spacial score (nSPS) is 11.4. The van der Waals surface area contributed by atoms with E-state index in [1.807, 2.05) is 37.0 Å². The van der Waals surface area contributed by atoms with Crippen LogP contribution in [-0.2, 0) is 6.54 Å². The highest BCUT2D eigenvalue weighted by Gasteiger charge is 2.16. The summed E-state index contributed by atoms with van der Waals surface area (Å²) < 4.78 is 8.82. The summed E-state index contributed by atoms with van der Waals surface area (Å²) in [4.78, 5) is 4.39. The van der Waals surface area contributed by atoms with Crippen molar-refractivity contribution in [2.45, 2.75) is 40.2 Å². The molecule has 3 aromatic heterocycles. The van der Waals surface area contributed by atoms with Gasteiger partial charge in [0.25, 0.3) is 0 Å². The van der Waals surface area contributed by atoms with Crippen LogP contribution in [0.5, 0.6) is 0 Å². The summed E-state index contributed by atoms with van der Waals surface area (Å²) in [5.74, 6) is 1.41. The van der Waals surface area contributed by atoms with Gasteiger partial charge in [0, 0.05) is 23.9 Å². The first-order valence-corrected chi connectivity index (χ1v) is 8.85. The average Bonchev–Trinajstić information content (AvgIpc) is 3.36. The molecule has 4 aromatic rings. The molecule has 27 heavy (non-hydrogen) atoms. The van der Waals surface area contributed by atoms with E-state index in [4.69, 9.17) is 4.52 Å². The van der Waals surface area contributed by atoms with Crippen molar-refractivity contribution in [3.05, 3.63) is 59.6 Å². The first-order chi connectivity index (χ1) is 13.0. The minimum atomic E-state index is 0.199. The van der Waals surface area contributed by atoms with E-state index in [0.29, 0.717) is 18.3 Å². The Morgan fingerprint density at radius 3 is 2.74 bits per heavy atom. The van der Waals surface area contributed by atoms with E-state index in [1.165, 1.54) is 5.56 Å². The van der Waals surface area contributed by atoms with Crippen LogP contribution in [0.15, 0.2) is 41.3 Å². The minimum Gasteiger partial charge on any atom is -0.339 e. The fraction of sp³-hybridized carbons (Fsp3) is 0.316. The van der Waals surface area contributed by atoms with Crippen LogP contribution >= 0.6 is 0 Å². The Hall–Kier alpha value is -3.29. The number of aryl methyl sites for hydroxylation is 2. The van der Waals surface area contributed by atoms with Gasteiger partial charge in [0.05, 0.1) is 11.9 Å². The summed E-state index contributed by atoms with van der Waals surface area (Å²) in [6.45, 7) is 8.58. The number of hydrogen-bond acceptors (Lipinski definition) is 6. The summed E-state index contributed by atoms with van der Waals surface area (Å²) in [7, 11) is 0. The molecule has 0 spiro atoms. The lowest BCUT2D eigenvalue weighted by atomic mass is 10.0. The lowest BCUT2D eigenvalue weighted by Crippen LogP contribution is -2.02. The first-order valence-electron chi connectivity index (χ1n) is 8.85. The third-order valence-electron chi connectivity index (χ3n) is 4.29. The molecule has 0 aliphatic heterocycles. The van der Waals surface area contributed by atoms with Gasteiger partial charge < -0.3 is 4.52 Å². The van der Waals surface area contributed by atoms with Gasteiger partial charge in [-0.25, -0.2) is 9.36 Å². The molecule has 8 heteroatoms. The molecule has 0 radical (unpaired) electrons. The molecule has 0 fully saturated rings. The van der Waals surface area contributed by atoms with Gasteiger partial charge in [0.15, 0.2) is 5.82 Å². The van der Waals surface area contributed by atoms with E-state index in [9.17, 15) is 0 Å². The van der Waals surface area contributed by atoms with E-state index >= 15 is 0 Å². The fourth-order valence-electron chi connectivity index (χ4n) is 3.07. The first kappa shape index (κ1) is 17.1. The molecule has 0 saturated heterocycles. The Labute approximate surface area is 156 Å². The van der Waals surface area contributed by atoms with Gasteiger partial charge in [0.1, 0.15) is 12.2 Å². The molecule has 0 unspecified atom stereocenters. The van der Waals surface area contributed by atoms with Crippen LogP contribution in [0.3, 0.4) is 0 Å². The van der Waals surface area contributed by atoms with E-state index in [2.05, 4.69) is 51.5 Å². The van der Waals surface area contributed by atoms with Crippen molar-refractivity contribution in [2.75, 3.05) is 0 Å². The van der Waals surface area contributed by atoms with Crippen molar-refractivity contribution in [2.24, 2.45) is 0 Å². The van der Waals surface area contributed by atoms with Crippen LogP contribution < -0.4 is 0 Å². The molecule has 0 atom stereocenters. The second-order valence-electron chi connectivity index (χ2n) is 6.93. The maximum Gasteiger partial charge on any atom is 0.229 e. The van der Waals surface area contributed by atoms with Crippen LogP contribution in [0.25, 0.3) is 16.9 Å². The monoisotopic (exact) mass is 363 g/mol. The molecule has 0 amide bonds. The van der Waals surface area contributed by atoms with Gasteiger partial charge in [-0.15, -0.1) is 5.10 Å². The third-order valence-corrected chi connectivity index (χ3v) is 4.29. The van der Waals surface area contributed by atoms with Gasteiger partial charge in [0.2, 0.25) is 5.89 Å². The molecule has 0 bridgehead atoms. The van der Waals surface area contributed by atoms with Crippen molar-refractivity contribution in [3.63, 3.8) is 0 Å². The Kier molecular flexibility index (Phi) is 4.31. The molecule has 8 nitrogen and oxygen atoms in total. The highest BCUT2D eigenvalue weighted by molar-refractivity contribution is 5.73. The Balaban J connectivity index is 1.69. The Bertz CT molecular complexity index is 1060. The maximum atomic E-state index is 5.26. The smallest absolute Gasteiger partial charge is 0.229 e. The summed E-state index contributed by atoms with van der Waals surface area (Å²) in [5.41, 5.74) is 5.06. The predicted octanol–water partition coefficient (Wildman–Crippen LogP) is 3.30. The largest absolute Gasteiger partial charge is 0.339 e. The summed E-state index contributed by atoms with van der Waals surface area (Å²) in [5, 5.41) is 17.0. The summed E-state index contributed by atoms with van der Waals surface area (Å²) in [6, 6.07) is 6.14. The molecule has 138 valence electrons. The molecular weight excluding hydrogens is 342 g/mol. The molecule has 0 N–H and O–H groups in total. The zero-order valence-corrected chi connectivity index (χ0v) is 15.8.